The molecule has 25 heavy (non-hydrogen) atoms. The summed E-state index contributed by atoms with van der Waals surface area (Å²) in [5.74, 6) is 0.739. The van der Waals surface area contributed by atoms with E-state index in [1.165, 1.54) is 23.5 Å². The maximum absolute atomic E-state index is 12.6. The fraction of sp³-hybridized carbons (Fsp3) is 0.684. The molecule has 3 fully saturated rings. The molecule has 6 nitrogen and oxygen atoms in total. The number of likely N-dealkylation sites (tertiary alicyclic amines) is 1. The second kappa shape index (κ2) is 6.92. The Morgan fingerprint density at radius 2 is 2.24 bits per heavy atom. The number of carbonyl (C=O) groups excluding carboxylic acids is 1. The lowest BCUT2D eigenvalue weighted by molar-refractivity contribution is -0.139. The highest BCUT2D eigenvalue weighted by atomic mass is 16.6. The molecule has 136 valence electrons. The van der Waals surface area contributed by atoms with Crippen LogP contribution in [0.4, 0.5) is 0 Å². The minimum atomic E-state index is -0.260. The Hall–Kier alpha value is -1.66. The van der Waals surface area contributed by atoms with Gasteiger partial charge in [-0.15, -0.1) is 0 Å². The topological polar surface area (TPSA) is 60.8 Å². The van der Waals surface area contributed by atoms with Crippen molar-refractivity contribution >= 4 is 5.91 Å². The highest BCUT2D eigenvalue weighted by Crippen LogP contribution is 2.37. The van der Waals surface area contributed by atoms with Crippen molar-refractivity contribution in [3.8, 4) is 0 Å². The van der Waals surface area contributed by atoms with Gasteiger partial charge in [0.1, 0.15) is 6.54 Å². The minimum absolute atomic E-state index is 0.0154. The van der Waals surface area contributed by atoms with Crippen LogP contribution in [0.15, 0.2) is 29.2 Å². The fourth-order valence-electron chi connectivity index (χ4n) is 3.90. The van der Waals surface area contributed by atoms with Crippen LogP contribution in [0.1, 0.15) is 32.1 Å². The molecule has 1 aliphatic carbocycles. The molecule has 3 heterocycles. The smallest absolute Gasteiger partial charge is 0.250 e. The lowest BCUT2D eigenvalue weighted by Crippen LogP contribution is -2.51. The number of hydrogen-bond acceptors (Lipinski definition) is 4. The van der Waals surface area contributed by atoms with Crippen molar-refractivity contribution in [1.82, 2.24) is 9.47 Å². The zero-order valence-corrected chi connectivity index (χ0v) is 14.6. The number of rotatable bonds is 5. The van der Waals surface area contributed by atoms with Gasteiger partial charge in [0.2, 0.25) is 5.91 Å². The largest absolute Gasteiger partial charge is 0.375 e. The Balaban J connectivity index is 1.35. The fourth-order valence-corrected chi connectivity index (χ4v) is 3.90. The molecule has 1 spiro atoms. The van der Waals surface area contributed by atoms with Crippen LogP contribution in [0.25, 0.3) is 0 Å². The molecular weight excluding hydrogens is 320 g/mol. The predicted molar refractivity (Wildman–Crippen MR) is 92.3 cm³/mol. The third-order valence-corrected chi connectivity index (χ3v) is 5.54. The van der Waals surface area contributed by atoms with E-state index in [2.05, 4.69) is 0 Å². The SMILES string of the molecule is O=C(Cn1ccccc1=O)N1CCC[C@@]2(C[C@@H](OCC3CC3)CO2)C1. The van der Waals surface area contributed by atoms with E-state index in [-0.39, 0.29) is 29.7 Å². The number of piperidine rings is 1. The summed E-state index contributed by atoms with van der Waals surface area (Å²) in [6, 6.07) is 4.94. The van der Waals surface area contributed by atoms with E-state index in [1.807, 2.05) is 4.90 Å². The average Bonchev–Trinajstić information content (AvgIpc) is 3.37. The first-order valence-electron chi connectivity index (χ1n) is 9.32. The number of carbonyl (C=O) groups is 1. The number of pyridine rings is 1. The zero-order chi connectivity index (χ0) is 17.3. The first kappa shape index (κ1) is 16.8. The van der Waals surface area contributed by atoms with Crippen LogP contribution >= 0.6 is 0 Å². The summed E-state index contributed by atoms with van der Waals surface area (Å²) in [4.78, 5) is 26.3. The van der Waals surface area contributed by atoms with E-state index < -0.39 is 0 Å². The molecule has 2 atom stereocenters. The number of aromatic nitrogens is 1. The van der Waals surface area contributed by atoms with Crippen LogP contribution in [0.2, 0.25) is 0 Å². The van der Waals surface area contributed by atoms with Gasteiger partial charge in [-0.2, -0.15) is 0 Å². The first-order chi connectivity index (χ1) is 12.1. The zero-order valence-electron chi connectivity index (χ0n) is 14.6. The van der Waals surface area contributed by atoms with E-state index in [0.29, 0.717) is 13.2 Å². The van der Waals surface area contributed by atoms with Gasteiger partial charge in [-0.3, -0.25) is 9.59 Å². The number of amides is 1. The summed E-state index contributed by atoms with van der Waals surface area (Å²) in [6.07, 6.45) is 7.19. The standard InChI is InChI=1S/C19H26N2O4/c22-17-4-1-2-8-20(17)11-18(23)21-9-3-7-19(14-21)10-16(13-25-19)24-12-15-5-6-15/h1-2,4,8,15-16H,3,5-7,9-14H2/t16-,19-/m1/s1. The van der Waals surface area contributed by atoms with Gasteiger partial charge in [-0.05, 0) is 37.7 Å². The monoisotopic (exact) mass is 346 g/mol. The van der Waals surface area contributed by atoms with Crippen molar-refractivity contribution in [2.24, 2.45) is 5.92 Å². The molecule has 2 aliphatic heterocycles. The van der Waals surface area contributed by atoms with Gasteiger partial charge in [0.15, 0.2) is 0 Å². The van der Waals surface area contributed by atoms with Gasteiger partial charge in [0, 0.05) is 38.4 Å². The Kier molecular flexibility index (Phi) is 4.65. The molecule has 1 aromatic rings. The van der Waals surface area contributed by atoms with Crippen LogP contribution in [-0.4, -0.2) is 53.4 Å². The summed E-state index contributed by atoms with van der Waals surface area (Å²) in [6.45, 7) is 2.92. The Morgan fingerprint density at radius 3 is 3.04 bits per heavy atom. The molecule has 0 N–H and O–H groups in total. The maximum atomic E-state index is 12.6. The second-order valence-electron chi connectivity index (χ2n) is 7.68. The van der Waals surface area contributed by atoms with Crippen LogP contribution < -0.4 is 5.56 Å². The predicted octanol–water partition coefficient (Wildman–Crippen LogP) is 1.42. The molecule has 1 saturated carbocycles. The van der Waals surface area contributed by atoms with Crippen molar-refractivity contribution in [1.29, 1.82) is 0 Å². The molecule has 4 rings (SSSR count). The van der Waals surface area contributed by atoms with Crippen LogP contribution in [-0.2, 0) is 20.8 Å². The van der Waals surface area contributed by atoms with Gasteiger partial charge in [-0.1, -0.05) is 6.07 Å². The number of ether oxygens (including phenoxy) is 2. The summed E-state index contributed by atoms with van der Waals surface area (Å²) >= 11 is 0. The molecule has 1 aromatic heterocycles. The minimum Gasteiger partial charge on any atom is -0.375 e. The van der Waals surface area contributed by atoms with Crippen molar-refractivity contribution in [2.75, 3.05) is 26.3 Å². The van der Waals surface area contributed by atoms with Gasteiger partial charge in [0.05, 0.1) is 18.3 Å². The highest BCUT2D eigenvalue weighted by molar-refractivity contribution is 5.76. The van der Waals surface area contributed by atoms with Crippen molar-refractivity contribution in [3.05, 3.63) is 34.7 Å². The number of nitrogens with zero attached hydrogens (tertiary/aromatic N) is 2. The van der Waals surface area contributed by atoms with E-state index in [1.54, 1.807) is 18.3 Å². The van der Waals surface area contributed by atoms with Crippen LogP contribution in [0.5, 0.6) is 0 Å². The van der Waals surface area contributed by atoms with Crippen molar-refractivity contribution < 1.29 is 14.3 Å². The Bertz CT molecular complexity index is 684. The van der Waals surface area contributed by atoms with Crippen molar-refractivity contribution in [3.63, 3.8) is 0 Å². The summed E-state index contributed by atoms with van der Waals surface area (Å²) < 4.78 is 13.6. The summed E-state index contributed by atoms with van der Waals surface area (Å²) in [5.41, 5.74) is -0.405. The Morgan fingerprint density at radius 1 is 1.36 bits per heavy atom. The van der Waals surface area contributed by atoms with Gasteiger partial charge in [0.25, 0.3) is 5.56 Å². The molecule has 0 aromatic carbocycles. The number of hydrogen-bond donors (Lipinski definition) is 0. The molecule has 3 aliphatic rings. The first-order valence-corrected chi connectivity index (χ1v) is 9.32. The molecule has 6 heteroatoms. The van der Waals surface area contributed by atoms with Crippen LogP contribution in [0.3, 0.4) is 0 Å². The molecule has 0 radical (unpaired) electrons. The third-order valence-electron chi connectivity index (χ3n) is 5.54. The lowest BCUT2D eigenvalue weighted by Gasteiger charge is -2.39. The van der Waals surface area contributed by atoms with E-state index in [9.17, 15) is 9.59 Å². The quantitative estimate of drug-likeness (QED) is 0.809. The molecular formula is C19H26N2O4. The second-order valence-corrected chi connectivity index (χ2v) is 7.68. The summed E-state index contributed by atoms with van der Waals surface area (Å²) in [7, 11) is 0. The molecule has 1 amide bonds. The third kappa shape index (κ3) is 3.96. The maximum Gasteiger partial charge on any atom is 0.250 e. The van der Waals surface area contributed by atoms with Gasteiger partial charge < -0.3 is 18.9 Å². The summed E-state index contributed by atoms with van der Waals surface area (Å²) in [5, 5.41) is 0. The van der Waals surface area contributed by atoms with E-state index in [4.69, 9.17) is 9.47 Å². The Labute approximate surface area is 147 Å². The normalized spacial score (nSPS) is 29.3. The molecule has 0 unspecified atom stereocenters. The molecule has 2 saturated heterocycles. The van der Waals surface area contributed by atoms with Gasteiger partial charge in [-0.25, -0.2) is 0 Å². The van der Waals surface area contributed by atoms with E-state index >= 15 is 0 Å². The van der Waals surface area contributed by atoms with Gasteiger partial charge >= 0.3 is 0 Å². The van der Waals surface area contributed by atoms with Crippen LogP contribution in [0, 0.1) is 5.92 Å². The lowest BCUT2D eigenvalue weighted by atomic mass is 9.89. The molecule has 0 bridgehead atoms. The van der Waals surface area contributed by atoms with E-state index in [0.717, 1.165) is 38.3 Å². The van der Waals surface area contributed by atoms with Crippen molar-refractivity contribution in [2.45, 2.75) is 50.4 Å². The average molecular weight is 346 g/mol. The highest BCUT2D eigenvalue weighted by Gasteiger charge is 2.45.